The summed E-state index contributed by atoms with van der Waals surface area (Å²) in [5.74, 6) is 2.11. The average Bonchev–Trinajstić information content (AvgIpc) is 3.01. The summed E-state index contributed by atoms with van der Waals surface area (Å²) in [5, 5.41) is 17.7. The first-order valence-corrected chi connectivity index (χ1v) is 8.92. The molecule has 0 radical (unpaired) electrons. The molecular formula is C18H20N8. The van der Waals surface area contributed by atoms with Crippen molar-refractivity contribution in [2.45, 2.75) is 19.8 Å². The minimum atomic E-state index is 0.442. The molecule has 0 amide bonds. The molecular weight excluding hydrogens is 328 g/mol. The molecule has 0 aromatic carbocycles. The van der Waals surface area contributed by atoms with E-state index in [-0.39, 0.29) is 0 Å². The van der Waals surface area contributed by atoms with Gasteiger partial charge in [-0.2, -0.15) is 20.3 Å². The Morgan fingerprint density at radius 3 is 3.04 bits per heavy atom. The lowest BCUT2D eigenvalue weighted by Gasteiger charge is -2.23. The molecule has 1 aliphatic carbocycles. The van der Waals surface area contributed by atoms with E-state index >= 15 is 0 Å². The number of H-pyrrole nitrogens is 1. The fourth-order valence-electron chi connectivity index (χ4n) is 4.30. The van der Waals surface area contributed by atoms with Gasteiger partial charge in [-0.25, -0.2) is 0 Å². The van der Waals surface area contributed by atoms with Crippen LogP contribution in [0, 0.1) is 22.7 Å². The van der Waals surface area contributed by atoms with Gasteiger partial charge in [0, 0.05) is 32.5 Å². The van der Waals surface area contributed by atoms with Gasteiger partial charge in [-0.1, -0.05) is 6.92 Å². The molecule has 26 heavy (non-hydrogen) atoms. The molecule has 5 rings (SSSR count). The number of fused-ring (bicyclic) bond motifs is 2. The predicted octanol–water partition coefficient (Wildman–Crippen LogP) is 2.54. The summed E-state index contributed by atoms with van der Waals surface area (Å²) >= 11 is 0. The number of aromatic nitrogens is 5. The molecule has 3 aromatic rings. The minimum absolute atomic E-state index is 0.442. The molecule has 2 fully saturated rings. The number of anilines is 3. The summed E-state index contributed by atoms with van der Waals surface area (Å²) in [5.41, 5.74) is 2.55. The molecule has 8 nitrogen and oxygen atoms in total. The molecule has 2 atom stereocenters. The van der Waals surface area contributed by atoms with Crippen LogP contribution < -0.4 is 10.2 Å². The van der Waals surface area contributed by atoms with E-state index in [1.807, 2.05) is 13.2 Å². The average molecular weight is 348 g/mol. The van der Waals surface area contributed by atoms with Crippen LogP contribution in [0.1, 0.15) is 25.3 Å². The SMILES string of the molecule is CCC12CC1CN(c1nc(Nc3cnn(C)c3)nc3[nH]cc(C#N)c13)C2. The van der Waals surface area contributed by atoms with Crippen LogP contribution in [0.5, 0.6) is 0 Å². The van der Waals surface area contributed by atoms with E-state index in [0.29, 0.717) is 22.6 Å². The minimum Gasteiger partial charge on any atom is -0.355 e. The molecule has 0 spiro atoms. The third-order valence-corrected chi connectivity index (χ3v) is 5.90. The van der Waals surface area contributed by atoms with Crippen molar-refractivity contribution in [3.63, 3.8) is 0 Å². The van der Waals surface area contributed by atoms with Crippen molar-refractivity contribution in [1.29, 1.82) is 5.26 Å². The van der Waals surface area contributed by atoms with Crippen LogP contribution in [0.15, 0.2) is 18.6 Å². The lowest BCUT2D eigenvalue weighted by atomic mass is 10.0. The zero-order chi connectivity index (χ0) is 17.9. The first kappa shape index (κ1) is 15.2. The van der Waals surface area contributed by atoms with E-state index in [4.69, 9.17) is 4.98 Å². The van der Waals surface area contributed by atoms with Crippen LogP contribution in [0.3, 0.4) is 0 Å². The monoisotopic (exact) mass is 348 g/mol. The molecule has 3 aromatic heterocycles. The van der Waals surface area contributed by atoms with Crippen LogP contribution in [0.4, 0.5) is 17.5 Å². The van der Waals surface area contributed by atoms with Crippen LogP contribution >= 0.6 is 0 Å². The Hall–Kier alpha value is -3.08. The topological polar surface area (TPSA) is 98.4 Å². The molecule has 1 saturated carbocycles. The first-order chi connectivity index (χ1) is 12.6. The lowest BCUT2D eigenvalue weighted by Crippen LogP contribution is -2.26. The number of hydrogen-bond acceptors (Lipinski definition) is 6. The Morgan fingerprint density at radius 2 is 2.35 bits per heavy atom. The fraction of sp³-hybridized carbons (Fsp3) is 0.444. The molecule has 1 aliphatic heterocycles. The Balaban J connectivity index is 1.58. The van der Waals surface area contributed by atoms with Gasteiger partial charge in [-0.15, -0.1) is 0 Å². The molecule has 2 N–H and O–H groups in total. The Kier molecular flexibility index (Phi) is 3.04. The quantitative estimate of drug-likeness (QED) is 0.752. The lowest BCUT2D eigenvalue weighted by molar-refractivity contribution is 0.509. The van der Waals surface area contributed by atoms with Crippen molar-refractivity contribution in [3.8, 4) is 6.07 Å². The fourth-order valence-corrected chi connectivity index (χ4v) is 4.30. The van der Waals surface area contributed by atoms with Gasteiger partial charge in [0.1, 0.15) is 17.5 Å². The summed E-state index contributed by atoms with van der Waals surface area (Å²) in [6.45, 7) is 4.27. The molecule has 4 heterocycles. The zero-order valence-corrected chi connectivity index (χ0v) is 14.8. The third-order valence-electron chi connectivity index (χ3n) is 5.90. The maximum Gasteiger partial charge on any atom is 0.231 e. The zero-order valence-electron chi connectivity index (χ0n) is 14.8. The Morgan fingerprint density at radius 1 is 1.46 bits per heavy atom. The molecule has 2 aliphatic rings. The maximum atomic E-state index is 9.49. The summed E-state index contributed by atoms with van der Waals surface area (Å²) in [4.78, 5) is 14.8. The van der Waals surface area contributed by atoms with Gasteiger partial charge in [-0.05, 0) is 24.2 Å². The smallest absolute Gasteiger partial charge is 0.231 e. The van der Waals surface area contributed by atoms with E-state index in [2.05, 4.69) is 38.3 Å². The van der Waals surface area contributed by atoms with Crippen molar-refractivity contribution >= 4 is 28.5 Å². The van der Waals surface area contributed by atoms with Crippen molar-refractivity contribution in [1.82, 2.24) is 24.7 Å². The second-order valence-electron chi connectivity index (χ2n) is 7.43. The molecule has 132 valence electrons. The largest absolute Gasteiger partial charge is 0.355 e. The van der Waals surface area contributed by atoms with Crippen molar-refractivity contribution in [3.05, 3.63) is 24.2 Å². The molecule has 1 saturated heterocycles. The van der Waals surface area contributed by atoms with Gasteiger partial charge in [0.25, 0.3) is 0 Å². The van der Waals surface area contributed by atoms with Gasteiger partial charge in [-0.3, -0.25) is 4.68 Å². The molecule has 2 unspecified atom stereocenters. The standard InChI is InChI=1S/C18H20N8/c1-3-18-4-12(18)8-26(10-18)16-14-11(5-19)6-20-15(14)23-17(24-16)22-13-7-21-25(2)9-13/h6-7,9,12H,3-4,8,10H2,1-2H3,(H2,20,22,23,24). The van der Waals surface area contributed by atoms with Crippen LogP contribution in [-0.2, 0) is 7.05 Å². The van der Waals surface area contributed by atoms with Crippen LogP contribution in [-0.4, -0.2) is 37.8 Å². The second-order valence-corrected chi connectivity index (χ2v) is 7.43. The Labute approximate surface area is 150 Å². The highest BCUT2D eigenvalue weighted by molar-refractivity contribution is 5.94. The van der Waals surface area contributed by atoms with Crippen molar-refractivity contribution in [2.75, 3.05) is 23.3 Å². The maximum absolute atomic E-state index is 9.49. The number of hydrogen-bond donors (Lipinski definition) is 2. The summed E-state index contributed by atoms with van der Waals surface area (Å²) < 4.78 is 1.73. The number of nitrogens with one attached hydrogen (secondary N) is 2. The van der Waals surface area contributed by atoms with Crippen LogP contribution in [0.2, 0.25) is 0 Å². The predicted molar refractivity (Wildman–Crippen MR) is 98.1 cm³/mol. The van der Waals surface area contributed by atoms with Gasteiger partial charge < -0.3 is 15.2 Å². The summed E-state index contributed by atoms with van der Waals surface area (Å²) in [6, 6.07) is 2.26. The van der Waals surface area contributed by atoms with E-state index in [1.165, 1.54) is 12.8 Å². The number of piperidine rings is 1. The summed E-state index contributed by atoms with van der Waals surface area (Å²) in [6.07, 6.45) is 7.83. The van der Waals surface area contributed by atoms with Crippen LogP contribution in [0.25, 0.3) is 11.0 Å². The first-order valence-electron chi connectivity index (χ1n) is 8.92. The normalized spacial score (nSPS) is 23.9. The second kappa shape index (κ2) is 5.21. The van der Waals surface area contributed by atoms with Crippen molar-refractivity contribution < 1.29 is 0 Å². The van der Waals surface area contributed by atoms with Crippen molar-refractivity contribution in [2.24, 2.45) is 18.4 Å². The number of aromatic amines is 1. The van der Waals surface area contributed by atoms with Gasteiger partial charge in [0.15, 0.2) is 0 Å². The number of rotatable bonds is 4. The summed E-state index contributed by atoms with van der Waals surface area (Å²) in [7, 11) is 1.87. The number of nitrogens with zero attached hydrogens (tertiary/aromatic N) is 6. The molecule has 0 bridgehead atoms. The van der Waals surface area contributed by atoms with E-state index in [0.717, 1.165) is 35.9 Å². The highest BCUT2D eigenvalue weighted by atomic mass is 15.3. The van der Waals surface area contributed by atoms with E-state index < -0.39 is 0 Å². The highest BCUT2D eigenvalue weighted by Crippen LogP contribution is 2.60. The number of aryl methyl sites for hydroxylation is 1. The highest BCUT2D eigenvalue weighted by Gasteiger charge is 2.58. The van der Waals surface area contributed by atoms with E-state index in [9.17, 15) is 5.26 Å². The van der Waals surface area contributed by atoms with E-state index in [1.54, 1.807) is 17.1 Å². The van der Waals surface area contributed by atoms with Gasteiger partial charge in [0.05, 0.1) is 22.8 Å². The van der Waals surface area contributed by atoms with Gasteiger partial charge in [0.2, 0.25) is 5.95 Å². The third kappa shape index (κ3) is 2.17. The van der Waals surface area contributed by atoms with Gasteiger partial charge >= 0.3 is 0 Å². The Bertz CT molecular complexity index is 1040. The number of nitriles is 1. The molecule has 8 heteroatoms.